The highest BCUT2D eigenvalue weighted by Gasteiger charge is 2.18. The van der Waals surface area contributed by atoms with Crippen LogP contribution in [0.15, 0.2) is 47.4 Å². The predicted octanol–water partition coefficient (Wildman–Crippen LogP) is 6.11. The second kappa shape index (κ2) is 11.1. The molecule has 2 aromatic rings. The SMILES string of the molecule is CCCCCCCCCCc1ccc(S(=O)(=O)O)c(Oc2cccc(O)c2)c1. The Bertz CT molecular complexity index is 846. The van der Waals surface area contributed by atoms with Crippen LogP contribution in [0.2, 0.25) is 0 Å². The second-order valence-electron chi connectivity index (χ2n) is 7.08. The summed E-state index contributed by atoms with van der Waals surface area (Å²) in [6, 6.07) is 10.8. The molecule has 5 nitrogen and oxygen atoms in total. The molecule has 2 aromatic carbocycles. The fourth-order valence-corrected chi connectivity index (χ4v) is 3.73. The third-order valence-corrected chi connectivity index (χ3v) is 5.54. The number of benzene rings is 2. The molecule has 0 unspecified atom stereocenters. The lowest BCUT2D eigenvalue weighted by atomic mass is 10.0. The predicted molar refractivity (Wildman–Crippen MR) is 111 cm³/mol. The Balaban J connectivity index is 1.99. The summed E-state index contributed by atoms with van der Waals surface area (Å²) in [5.41, 5.74) is 0.952. The van der Waals surface area contributed by atoms with Crippen molar-refractivity contribution in [2.75, 3.05) is 0 Å². The van der Waals surface area contributed by atoms with Gasteiger partial charge in [0.05, 0.1) is 0 Å². The van der Waals surface area contributed by atoms with Gasteiger partial charge in [-0.05, 0) is 42.7 Å². The molecule has 0 saturated carbocycles. The number of phenols is 1. The number of aryl methyl sites for hydroxylation is 1. The van der Waals surface area contributed by atoms with E-state index in [9.17, 15) is 18.1 Å². The van der Waals surface area contributed by atoms with E-state index in [1.54, 1.807) is 24.3 Å². The van der Waals surface area contributed by atoms with Crippen LogP contribution in [0.5, 0.6) is 17.2 Å². The van der Waals surface area contributed by atoms with Crippen molar-refractivity contribution in [3.05, 3.63) is 48.0 Å². The molecule has 2 rings (SSSR count). The first kappa shape index (κ1) is 22.2. The Hall–Kier alpha value is -2.05. The van der Waals surface area contributed by atoms with Crippen LogP contribution in [0.3, 0.4) is 0 Å². The lowest BCUT2D eigenvalue weighted by molar-refractivity contribution is 0.440. The molecule has 0 amide bonds. The van der Waals surface area contributed by atoms with Crippen LogP contribution < -0.4 is 4.74 Å². The average molecular weight is 407 g/mol. The maximum atomic E-state index is 11.7. The molecule has 0 heterocycles. The van der Waals surface area contributed by atoms with E-state index in [4.69, 9.17) is 4.74 Å². The van der Waals surface area contributed by atoms with Gasteiger partial charge in [-0.25, -0.2) is 0 Å². The molecular weight excluding hydrogens is 376 g/mol. The quantitative estimate of drug-likeness (QED) is 0.328. The minimum absolute atomic E-state index is 0.0148. The van der Waals surface area contributed by atoms with Gasteiger partial charge in [0.15, 0.2) is 0 Å². The number of rotatable bonds is 12. The van der Waals surface area contributed by atoms with Crippen molar-refractivity contribution in [3.8, 4) is 17.2 Å². The summed E-state index contributed by atoms with van der Waals surface area (Å²) in [5, 5.41) is 9.56. The minimum atomic E-state index is -4.41. The van der Waals surface area contributed by atoms with E-state index in [0.717, 1.165) is 24.8 Å². The molecule has 0 saturated heterocycles. The van der Waals surface area contributed by atoms with Gasteiger partial charge < -0.3 is 9.84 Å². The molecule has 2 N–H and O–H groups in total. The molecule has 0 aliphatic rings. The van der Waals surface area contributed by atoms with Crippen LogP contribution in [0.1, 0.15) is 63.9 Å². The molecular formula is C22H30O5S. The van der Waals surface area contributed by atoms with Crippen LogP contribution in [-0.4, -0.2) is 18.1 Å². The maximum Gasteiger partial charge on any atom is 0.298 e. The highest BCUT2D eigenvalue weighted by molar-refractivity contribution is 7.86. The van der Waals surface area contributed by atoms with Crippen LogP contribution in [-0.2, 0) is 16.5 Å². The van der Waals surface area contributed by atoms with Gasteiger partial charge >= 0.3 is 0 Å². The monoisotopic (exact) mass is 406 g/mol. The van der Waals surface area contributed by atoms with Crippen LogP contribution in [0.4, 0.5) is 0 Å². The first-order valence-electron chi connectivity index (χ1n) is 9.97. The fourth-order valence-electron chi connectivity index (χ4n) is 3.14. The van der Waals surface area contributed by atoms with Crippen molar-refractivity contribution < 1.29 is 22.8 Å². The molecule has 0 radical (unpaired) electrons. The van der Waals surface area contributed by atoms with E-state index >= 15 is 0 Å². The summed E-state index contributed by atoms with van der Waals surface area (Å²) in [6.07, 6.45) is 10.6. The molecule has 0 fully saturated rings. The van der Waals surface area contributed by atoms with Gasteiger partial charge in [-0.15, -0.1) is 0 Å². The third-order valence-electron chi connectivity index (χ3n) is 4.65. The largest absolute Gasteiger partial charge is 0.508 e. The molecule has 154 valence electrons. The van der Waals surface area contributed by atoms with Crippen molar-refractivity contribution in [2.24, 2.45) is 0 Å². The van der Waals surface area contributed by atoms with Crippen LogP contribution >= 0.6 is 0 Å². The van der Waals surface area contributed by atoms with Crippen LogP contribution in [0, 0.1) is 0 Å². The third kappa shape index (κ3) is 7.52. The highest BCUT2D eigenvalue weighted by atomic mass is 32.2. The Morgan fingerprint density at radius 1 is 0.893 bits per heavy atom. The Kier molecular flexibility index (Phi) is 8.80. The van der Waals surface area contributed by atoms with Gasteiger partial charge in [-0.1, -0.05) is 64.0 Å². The number of phenolic OH excluding ortho intramolecular Hbond substituents is 1. The lowest BCUT2D eigenvalue weighted by Gasteiger charge is -2.12. The number of unbranched alkanes of at least 4 members (excludes halogenated alkanes) is 7. The topological polar surface area (TPSA) is 83.8 Å². The fraction of sp³-hybridized carbons (Fsp3) is 0.455. The smallest absolute Gasteiger partial charge is 0.298 e. The summed E-state index contributed by atoms with van der Waals surface area (Å²) in [5.74, 6) is 0.375. The first-order chi connectivity index (χ1) is 13.4. The molecule has 0 atom stereocenters. The average Bonchev–Trinajstić information content (AvgIpc) is 2.63. The second-order valence-corrected chi connectivity index (χ2v) is 8.47. The standard InChI is InChI=1S/C22H30O5S/c1-2-3-4-5-6-7-8-9-11-18-14-15-22(28(24,25)26)21(16-18)27-20-13-10-12-19(23)17-20/h10,12-17,23H,2-9,11H2,1H3,(H,24,25,26). The van der Waals surface area contributed by atoms with E-state index in [-0.39, 0.29) is 16.4 Å². The summed E-state index contributed by atoms with van der Waals surface area (Å²) in [6.45, 7) is 2.21. The molecule has 0 aliphatic carbocycles. The van der Waals surface area contributed by atoms with Crippen molar-refractivity contribution in [3.63, 3.8) is 0 Å². The number of hydrogen-bond donors (Lipinski definition) is 2. The van der Waals surface area contributed by atoms with Gasteiger partial charge in [0.2, 0.25) is 0 Å². The Morgan fingerprint density at radius 3 is 2.21 bits per heavy atom. The van der Waals surface area contributed by atoms with Gasteiger partial charge in [-0.2, -0.15) is 8.42 Å². The van der Waals surface area contributed by atoms with E-state index < -0.39 is 10.1 Å². The molecule has 0 aromatic heterocycles. The molecule has 0 aliphatic heterocycles. The Morgan fingerprint density at radius 2 is 1.57 bits per heavy atom. The number of ether oxygens (including phenoxy) is 1. The summed E-state index contributed by atoms with van der Waals surface area (Å²) < 4.78 is 38.4. The highest BCUT2D eigenvalue weighted by Crippen LogP contribution is 2.31. The maximum absolute atomic E-state index is 11.7. The van der Waals surface area contributed by atoms with Crippen molar-refractivity contribution in [1.82, 2.24) is 0 Å². The van der Waals surface area contributed by atoms with E-state index in [1.807, 2.05) is 0 Å². The van der Waals surface area contributed by atoms with Crippen molar-refractivity contribution in [1.29, 1.82) is 0 Å². The molecule has 28 heavy (non-hydrogen) atoms. The Labute approximate surface area is 168 Å². The molecule has 6 heteroatoms. The van der Waals surface area contributed by atoms with Gasteiger partial charge in [0.1, 0.15) is 22.1 Å². The van der Waals surface area contributed by atoms with Crippen molar-refractivity contribution in [2.45, 2.75) is 69.6 Å². The van der Waals surface area contributed by atoms with E-state index in [0.29, 0.717) is 5.75 Å². The zero-order chi connectivity index (χ0) is 20.4. The van der Waals surface area contributed by atoms with E-state index in [1.165, 1.54) is 56.7 Å². The van der Waals surface area contributed by atoms with Gasteiger partial charge in [-0.3, -0.25) is 4.55 Å². The minimum Gasteiger partial charge on any atom is -0.508 e. The lowest BCUT2D eigenvalue weighted by Crippen LogP contribution is -2.02. The van der Waals surface area contributed by atoms with Gasteiger partial charge in [0, 0.05) is 6.07 Å². The zero-order valence-electron chi connectivity index (χ0n) is 16.4. The molecule has 0 spiro atoms. The summed E-state index contributed by atoms with van der Waals surface area (Å²) in [4.78, 5) is -0.282. The van der Waals surface area contributed by atoms with E-state index in [2.05, 4.69) is 6.92 Å². The molecule has 0 bridgehead atoms. The first-order valence-corrected chi connectivity index (χ1v) is 11.4. The number of hydrogen-bond acceptors (Lipinski definition) is 4. The van der Waals surface area contributed by atoms with Crippen LogP contribution in [0.25, 0.3) is 0 Å². The normalized spacial score (nSPS) is 11.5. The summed E-state index contributed by atoms with van der Waals surface area (Å²) >= 11 is 0. The number of aromatic hydroxyl groups is 1. The van der Waals surface area contributed by atoms with Crippen molar-refractivity contribution >= 4 is 10.1 Å². The summed E-state index contributed by atoms with van der Waals surface area (Å²) in [7, 11) is -4.41. The zero-order valence-corrected chi connectivity index (χ0v) is 17.2. The van der Waals surface area contributed by atoms with Gasteiger partial charge in [0.25, 0.3) is 10.1 Å².